The number of aromatic nitrogens is 2. The van der Waals surface area contributed by atoms with Crippen LogP contribution in [-0.4, -0.2) is 47.0 Å². The molecular formula is C30H32N4O. The van der Waals surface area contributed by atoms with Crippen molar-refractivity contribution < 1.29 is 4.79 Å². The Morgan fingerprint density at radius 1 is 0.857 bits per heavy atom. The van der Waals surface area contributed by atoms with Gasteiger partial charge in [0.05, 0.1) is 22.4 Å². The normalized spacial score (nSPS) is 14.8. The van der Waals surface area contributed by atoms with Gasteiger partial charge >= 0.3 is 0 Å². The number of likely N-dealkylation sites (tertiary alicyclic amines) is 1. The third-order valence-corrected chi connectivity index (χ3v) is 7.02. The van der Waals surface area contributed by atoms with Gasteiger partial charge in [-0.15, -0.1) is 0 Å². The van der Waals surface area contributed by atoms with Crippen LogP contribution in [0.3, 0.4) is 0 Å². The smallest absolute Gasteiger partial charge is 0.251 e. The standard InChI is InChI=1S/C30H32N4O/c1-2-22-15-18-34(19-16-22)20-17-31-30(35)25-13-14-26-27(21-25)33-29(24-11-7-4-8-12-24)28(32-26)23-9-5-3-6-10-23/h3-14,21-22H,2,15-20H2,1H3,(H,31,35). The molecule has 35 heavy (non-hydrogen) atoms. The molecule has 1 fully saturated rings. The van der Waals surface area contributed by atoms with Gasteiger partial charge in [0.2, 0.25) is 0 Å². The Bertz CT molecular complexity index is 1280. The van der Waals surface area contributed by atoms with Crippen molar-refractivity contribution >= 4 is 16.9 Å². The number of rotatable bonds is 7. The maximum Gasteiger partial charge on any atom is 0.251 e. The second-order valence-electron chi connectivity index (χ2n) is 9.31. The first kappa shape index (κ1) is 23.2. The summed E-state index contributed by atoms with van der Waals surface area (Å²) in [6.45, 7) is 6.09. The van der Waals surface area contributed by atoms with Crippen LogP contribution in [0.4, 0.5) is 0 Å². The average Bonchev–Trinajstić information content (AvgIpc) is 2.93. The molecule has 5 heteroatoms. The van der Waals surface area contributed by atoms with Crippen molar-refractivity contribution in [3.8, 4) is 22.5 Å². The Balaban J connectivity index is 1.36. The van der Waals surface area contributed by atoms with E-state index in [1.165, 1.54) is 19.3 Å². The zero-order valence-corrected chi connectivity index (χ0v) is 20.3. The third-order valence-electron chi connectivity index (χ3n) is 7.02. The summed E-state index contributed by atoms with van der Waals surface area (Å²) < 4.78 is 0. The van der Waals surface area contributed by atoms with E-state index in [9.17, 15) is 4.79 Å². The third kappa shape index (κ3) is 5.41. The molecule has 3 aromatic carbocycles. The molecule has 1 N–H and O–H groups in total. The van der Waals surface area contributed by atoms with Gasteiger partial charge < -0.3 is 10.2 Å². The molecular weight excluding hydrogens is 432 g/mol. The van der Waals surface area contributed by atoms with Crippen LogP contribution >= 0.6 is 0 Å². The molecule has 1 saturated heterocycles. The molecule has 0 aliphatic carbocycles. The number of fused-ring (bicyclic) bond motifs is 1. The van der Waals surface area contributed by atoms with Crippen molar-refractivity contribution in [1.82, 2.24) is 20.2 Å². The molecule has 0 unspecified atom stereocenters. The van der Waals surface area contributed by atoms with Crippen molar-refractivity contribution in [1.29, 1.82) is 0 Å². The fourth-order valence-corrected chi connectivity index (χ4v) is 4.84. The highest BCUT2D eigenvalue weighted by Gasteiger charge is 2.18. The summed E-state index contributed by atoms with van der Waals surface area (Å²) >= 11 is 0. The van der Waals surface area contributed by atoms with Crippen molar-refractivity contribution in [2.24, 2.45) is 5.92 Å². The van der Waals surface area contributed by atoms with Crippen LogP contribution < -0.4 is 5.32 Å². The van der Waals surface area contributed by atoms with Gasteiger partial charge in [-0.2, -0.15) is 0 Å². The number of nitrogens with one attached hydrogen (secondary N) is 1. The second-order valence-corrected chi connectivity index (χ2v) is 9.31. The Labute approximate surface area is 207 Å². The number of hydrogen-bond acceptors (Lipinski definition) is 4. The van der Waals surface area contributed by atoms with Crippen molar-refractivity contribution in [2.75, 3.05) is 26.2 Å². The zero-order valence-electron chi connectivity index (χ0n) is 20.3. The minimum absolute atomic E-state index is 0.0643. The van der Waals surface area contributed by atoms with E-state index >= 15 is 0 Å². The monoisotopic (exact) mass is 464 g/mol. The highest BCUT2D eigenvalue weighted by atomic mass is 16.1. The minimum Gasteiger partial charge on any atom is -0.351 e. The van der Waals surface area contributed by atoms with Gasteiger partial charge in [0, 0.05) is 29.8 Å². The lowest BCUT2D eigenvalue weighted by atomic mass is 9.94. The number of nitrogens with zero attached hydrogens (tertiary/aromatic N) is 3. The molecule has 5 rings (SSSR count). The Morgan fingerprint density at radius 3 is 2.06 bits per heavy atom. The first-order valence-corrected chi connectivity index (χ1v) is 12.6. The number of piperidine rings is 1. The Hall–Kier alpha value is -3.57. The maximum absolute atomic E-state index is 12.9. The van der Waals surface area contributed by atoms with E-state index in [0.29, 0.717) is 12.1 Å². The fraction of sp³-hybridized carbons (Fsp3) is 0.300. The topological polar surface area (TPSA) is 58.1 Å². The first-order chi connectivity index (χ1) is 17.2. The predicted octanol–water partition coefficient (Wildman–Crippen LogP) is 5.82. The molecule has 0 saturated carbocycles. The summed E-state index contributed by atoms with van der Waals surface area (Å²) in [6, 6.07) is 25.8. The van der Waals surface area contributed by atoms with Gasteiger partial charge in [-0.3, -0.25) is 4.79 Å². The first-order valence-electron chi connectivity index (χ1n) is 12.6. The quantitative estimate of drug-likeness (QED) is 0.375. The SMILES string of the molecule is CCC1CCN(CCNC(=O)c2ccc3nc(-c4ccccc4)c(-c4ccccc4)nc3c2)CC1. The molecule has 0 spiro atoms. The number of benzene rings is 3. The highest BCUT2D eigenvalue weighted by Crippen LogP contribution is 2.31. The van der Waals surface area contributed by atoms with Crippen LogP contribution in [0.5, 0.6) is 0 Å². The van der Waals surface area contributed by atoms with E-state index in [1.807, 2.05) is 66.7 Å². The van der Waals surface area contributed by atoms with Gasteiger partial charge in [0.15, 0.2) is 0 Å². The maximum atomic E-state index is 12.9. The molecule has 1 aliphatic heterocycles. The summed E-state index contributed by atoms with van der Waals surface area (Å²) in [7, 11) is 0. The molecule has 1 aliphatic rings. The number of carbonyl (C=O) groups is 1. The van der Waals surface area contributed by atoms with Crippen molar-refractivity contribution in [3.63, 3.8) is 0 Å². The number of amides is 1. The molecule has 5 nitrogen and oxygen atoms in total. The molecule has 1 aromatic heterocycles. The zero-order chi connectivity index (χ0) is 24.0. The largest absolute Gasteiger partial charge is 0.351 e. The predicted molar refractivity (Wildman–Crippen MR) is 142 cm³/mol. The van der Waals surface area contributed by atoms with Gasteiger partial charge in [0.25, 0.3) is 5.91 Å². The molecule has 0 atom stereocenters. The van der Waals surface area contributed by atoms with E-state index in [2.05, 4.69) is 29.3 Å². The number of hydrogen-bond donors (Lipinski definition) is 1. The molecule has 0 bridgehead atoms. The summed E-state index contributed by atoms with van der Waals surface area (Å²) in [5.74, 6) is 0.799. The van der Waals surface area contributed by atoms with Gasteiger partial charge in [-0.1, -0.05) is 74.0 Å². The van der Waals surface area contributed by atoms with E-state index in [1.54, 1.807) is 0 Å². The minimum atomic E-state index is -0.0643. The average molecular weight is 465 g/mol. The lowest BCUT2D eigenvalue weighted by Crippen LogP contribution is -2.39. The molecule has 178 valence electrons. The van der Waals surface area contributed by atoms with E-state index in [4.69, 9.17) is 9.97 Å². The fourth-order valence-electron chi connectivity index (χ4n) is 4.84. The van der Waals surface area contributed by atoms with E-state index in [0.717, 1.165) is 59.1 Å². The lowest BCUT2D eigenvalue weighted by Gasteiger charge is -2.31. The van der Waals surface area contributed by atoms with E-state index < -0.39 is 0 Å². The summed E-state index contributed by atoms with van der Waals surface area (Å²) in [5, 5.41) is 3.09. The lowest BCUT2D eigenvalue weighted by molar-refractivity contribution is 0.0944. The number of carbonyl (C=O) groups excluding carboxylic acids is 1. The molecule has 1 amide bonds. The van der Waals surface area contributed by atoms with Gasteiger partial charge in [-0.25, -0.2) is 9.97 Å². The van der Waals surface area contributed by atoms with Crippen LogP contribution in [0.2, 0.25) is 0 Å². The van der Waals surface area contributed by atoms with Gasteiger partial charge in [0.1, 0.15) is 0 Å². The molecule has 4 aromatic rings. The highest BCUT2D eigenvalue weighted by molar-refractivity contribution is 5.98. The Kier molecular flexibility index (Phi) is 7.15. The van der Waals surface area contributed by atoms with Crippen LogP contribution in [0, 0.1) is 5.92 Å². The van der Waals surface area contributed by atoms with E-state index in [-0.39, 0.29) is 5.91 Å². The second kappa shape index (κ2) is 10.8. The molecule has 0 radical (unpaired) electrons. The molecule has 2 heterocycles. The Morgan fingerprint density at radius 2 is 1.46 bits per heavy atom. The van der Waals surface area contributed by atoms with Crippen LogP contribution in [0.25, 0.3) is 33.5 Å². The van der Waals surface area contributed by atoms with Crippen molar-refractivity contribution in [3.05, 3.63) is 84.4 Å². The van der Waals surface area contributed by atoms with Crippen molar-refractivity contribution in [2.45, 2.75) is 26.2 Å². The van der Waals surface area contributed by atoms with Crippen LogP contribution in [0.15, 0.2) is 78.9 Å². The summed E-state index contributed by atoms with van der Waals surface area (Å²) in [4.78, 5) is 25.3. The summed E-state index contributed by atoms with van der Waals surface area (Å²) in [6.07, 6.45) is 3.80. The van der Waals surface area contributed by atoms with Crippen LogP contribution in [0.1, 0.15) is 36.5 Å². The van der Waals surface area contributed by atoms with Gasteiger partial charge in [-0.05, 0) is 50.0 Å². The van der Waals surface area contributed by atoms with Crippen LogP contribution in [-0.2, 0) is 0 Å². The summed E-state index contributed by atoms with van der Waals surface area (Å²) in [5.41, 5.74) is 5.79.